The molecule has 6 heteroatoms. The number of hydrogen-bond acceptors (Lipinski definition) is 4. The molecule has 0 bridgehead atoms. The van der Waals surface area contributed by atoms with Crippen LogP contribution in [-0.4, -0.2) is 28.5 Å². The fourth-order valence-corrected chi connectivity index (χ4v) is 4.70. The number of carbonyl (C=O) groups excluding carboxylic acids is 1. The van der Waals surface area contributed by atoms with E-state index in [4.69, 9.17) is 14.9 Å². The standard InChI is InChI=1S/C33H26N4O2/c1-23-20-28(39-2)18-19-29(23)32-25(22-36(34-32)26-14-8-4-9-15-26)21-30-31(24-12-6-3-7-13-24)35-37(33(30)38)27-16-10-5-11-17-27/h3-22H,1-2H3. The van der Waals surface area contributed by atoms with Crippen LogP contribution in [-0.2, 0) is 4.79 Å². The Hall–Kier alpha value is -5.23. The number of amides is 1. The van der Waals surface area contributed by atoms with E-state index in [2.05, 4.69) is 0 Å². The third kappa shape index (κ3) is 4.64. The van der Waals surface area contributed by atoms with Crippen LogP contribution in [0.1, 0.15) is 16.7 Å². The van der Waals surface area contributed by atoms with Gasteiger partial charge >= 0.3 is 0 Å². The van der Waals surface area contributed by atoms with Crippen molar-refractivity contribution in [2.75, 3.05) is 12.1 Å². The van der Waals surface area contributed by atoms with E-state index in [0.29, 0.717) is 17.0 Å². The normalized spacial score (nSPS) is 14.1. The zero-order valence-electron chi connectivity index (χ0n) is 21.7. The Morgan fingerprint density at radius 1 is 0.795 bits per heavy atom. The first kappa shape index (κ1) is 24.1. The van der Waals surface area contributed by atoms with Crippen LogP contribution >= 0.6 is 0 Å². The molecule has 1 aliphatic rings. The number of para-hydroxylation sites is 2. The van der Waals surface area contributed by atoms with E-state index in [0.717, 1.165) is 39.4 Å². The summed E-state index contributed by atoms with van der Waals surface area (Å²) in [7, 11) is 1.66. The predicted molar refractivity (Wildman–Crippen MR) is 155 cm³/mol. The van der Waals surface area contributed by atoms with Crippen molar-refractivity contribution in [1.29, 1.82) is 0 Å². The van der Waals surface area contributed by atoms with Crippen LogP contribution < -0.4 is 9.75 Å². The predicted octanol–water partition coefficient (Wildman–Crippen LogP) is 6.69. The van der Waals surface area contributed by atoms with Crippen molar-refractivity contribution in [3.8, 4) is 22.7 Å². The number of rotatable bonds is 6. The summed E-state index contributed by atoms with van der Waals surface area (Å²) in [6.45, 7) is 2.03. The maximum Gasteiger partial charge on any atom is 0.281 e. The van der Waals surface area contributed by atoms with Crippen LogP contribution in [0.5, 0.6) is 5.75 Å². The summed E-state index contributed by atoms with van der Waals surface area (Å²) in [5, 5.41) is 11.2. The second-order valence-corrected chi connectivity index (χ2v) is 9.22. The van der Waals surface area contributed by atoms with Crippen molar-refractivity contribution in [2.24, 2.45) is 5.10 Å². The van der Waals surface area contributed by atoms with E-state index >= 15 is 0 Å². The molecule has 2 heterocycles. The Labute approximate surface area is 227 Å². The van der Waals surface area contributed by atoms with E-state index in [-0.39, 0.29) is 5.91 Å². The lowest BCUT2D eigenvalue weighted by molar-refractivity contribution is -0.114. The van der Waals surface area contributed by atoms with Gasteiger partial charge in [0.05, 0.1) is 24.1 Å². The zero-order valence-corrected chi connectivity index (χ0v) is 21.7. The highest BCUT2D eigenvalue weighted by molar-refractivity contribution is 6.37. The average Bonchev–Trinajstić information content (AvgIpc) is 3.55. The number of methoxy groups -OCH3 is 1. The third-order valence-electron chi connectivity index (χ3n) is 6.68. The Morgan fingerprint density at radius 2 is 1.44 bits per heavy atom. The molecule has 4 aromatic carbocycles. The molecule has 6 nitrogen and oxygen atoms in total. The molecule has 0 unspecified atom stereocenters. The van der Waals surface area contributed by atoms with Crippen molar-refractivity contribution in [3.05, 3.63) is 138 Å². The number of hydrogen-bond donors (Lipinski definition) is 0. The van der Waals surface area contributed by atoms with Crippen LogP contribution in [0.2, 0.25) is 0 Å². The SMILES string of the molecule is COc1ccc(-c2nn(-c3ccccc3)cc2C=C2C(=O)N(c3ccccc3)N=C2c2ccccc2)c(C)c1. The number of hydrazone groups is 1. The van der Waals surface area contributed by atoms with Crippen LogP contribution in [0, 0.1) is 6.92 Å². The Balaban J connectivity index is 1.53. The molecule has 0 aliphatic carbocycles. The topological polar surface area (TPSA) is 59.7 Å². The van der Waals surface area contributed by atoms with Crippen molar-refractivity contribution < 1.29 is 9.53 Å². The number of anilines is 1. The summed E-state index contributed by atoms with van der Waals surface area (Å²) in [5.41, 5.74) is 7.20. The minimum Gasteiger partial charge on any atom is -0.497 e. The van der Waals surface area contributed by atoms with Crippen molar-refractivity contribution in [2.45, 2.75) is 6.92 Å². The summed E-state index contributed by atoms with van der Waals surface area (Å²) in [4.78, 5) is 13.9. The molecule has 190 valence electrons. The van der Waals surface area contributed by atoms with Gasteiger partial charge in [0.25, 0.3) is 5.91 Å². The Kier molecular flexibility index (Phi) is 6.35. The number of ether oxygens (including phenoxy) is 1. The third-order valence-corrected chi connectivity index (χ3v) is 6.68. The largest absolute Gasteiger partial charge is 0.497 e. The number of aromatic nitrogens is 2. The number of benzene rings is 4. The Morgan fingerprint density at radius 3 is 2.08 bits per heavy atom. The molecule has 6 rings (SSSR count). The highest BCUT2D eigenvalue weighted by Crippen LogP contribution is 2.33. The fraction of sp³-hybridized carbons (Fsp3) is 0.0606. The van der Waals surface area contributed by atoms with Crippen molar-refractivity contribution >= 4 is 23.4 Å². The molecule has 0 radical (unpaired) electrons. The number of nitrogens with zero attached hydrogens (tertiary/aromatic N) is 4. The second kappa shape index (κ2) is 10.3. The maximum atomic E-state index is 13.9. The molecule has 39 heavy (non-hydrogen) atoms. The second-order valence-electron chi connectivity index (χ2n) is 9.22. The van der Waals surface area contributed by atoms with Crippen LogP contribution in [0.15, 0.2) is 126 Å². The van der Waals surface area contributed by atoms with E-state index in [1.165, 1.54) is 5.01 Å². The Bertz CT molecular complexity index is 1710. The molecule has 0 saturated carbocycles. The average molecular weight is 511 g/mol. The van der Waals surface area contributed by atoms with Gasteiger partial charge in [-0.15, -0.1) is 0 Å². The highest BCUT2D eigenvalue weighted by Gasteiger charge is 2.32. The van der Waals surface area contributed by atoms with E-state index in [9.17, 15) is 4.79 Å². The smallest absolute Gasteiger partial charge is 0.281 e. The van der Waals surface area contributed by atoms with E-state index < -0.39 is 0 Å². The van der Waals surface area contributed by atoms with Gasteiger partial charge in [-0.25, -0.2) is 4.68 Å². The van der Waals surface area contributed by atoms with Gasteiger partial charge < -0.3 is 4.74 Å². The molecule has 1 aromatic heterocycles. The summed E-state index contributed by atoms with van der Waals surface area (Å²) < 4.78 is 7.27. The molecular formula is C33H26N4O2. The molecule has 5 aromatic rings. The first-order valence-corrected chi connectivity index (χ1v) is 12.7. The van der Waals surface area contributed by atoms with Crippen LogP contribution in [0.25, 0.3) is 23.0 Å². The van der Waals surface area contributed by atoms with Crippen molar-refractivity contribution in [1.82, 2.24) is 9.78 Å². The first-order chi connectivity index (χ1) is 19.1. The summed E-state index contributed by atoms with van der Waals surface area (Å²) in [5.74, 6) is 0.589. The minimum absolute atomic E-state index is 0.190. The summed E-state index contributed by atoms with van der Waals surface area (Å²) in [6, 6.07) is 35.1. The molecule has 0 N–H and O–H groups in total. The summed E-state index contributed by atoms with van der Waals surface area (Å²) in [6.07, 6.45) is 3.87. The molecule has 1 amide bonds. The fourth-order valence-electron chi connectivity index (χ4n) is 4.70. The van der Waals surface area contributed by atoms with Gasteiger partial charge in [0.1, 0.15) is 17.2 Å². The zero-order chi connectivity index (χ0) is 26.8. The molecule has 1 aliphatic heterocycles. The molecular weight excluding hydrogens is 484 g/mol. The molecule has 0 fully saturated rings. The monoisotopic (exact) mass is 510 g/mol. The summed E-state index contributed by atoms with van der Waals surface area (Å²) >= 11 is 0. The van der Waals surface area contributed by atoms with Gasteiger partial charge in [-0.3, -0.25) is 4.79 Å². The highest BCUT2D eigenvalue weighted by atomic mass is 16.5. The van der Waals surface area contributed by atoms with Crippen LogP contribution in [0.3, 0.4) is 0 Å². The maximum absolute atomic E-state index is 13.9. The minimum atomic E-state index is -0.190. The van der Waals surface area contributed by atoms with Gasteiger partial charge in [-0.05, 0) is 61.0 Å². The quantitative estimate of drug-likeness (QED) is 0.239. The van der Waals surface area contributed by atoms with Crippen molar-refractivity contribution in [3.63, 3.8) is 0 Å². The van der Waals surface area contributed by atoms with E-state index in [1.807, 2.05) is 133 Å². The lowest BCUT2D eigenvalue weighted by Gasteiger charge is -2.11. The lowest BCUT2D eigenvalue weighted by Crippen LogP contribution is -2.21. The molecule has 0 atom stereocenters. The number of carbonyl (C=O) groups is 1. The van der Waals surface area contributed by atoms with Gasteiger partial charge in [0.15, 0.2) is 0 Å². The first-order valence-electron chi connectivity index (χ1n) is 12.7. The van der Waals surface area contributed by atoms with Gasteiger partial charge in [-0.2, -0.15) is 15.2 Å². The van der Waals surface area contributed by atoms with Gasteiger partial charge in [0, 0.05) is 22.9 Å². The van der Waals surface area contributed by atoms with Gasteiger partial charge in [-0.1, -0.05) is 66.7 Å². The lowest BCUT2D eigenvalue weighted by atomic mass is 9.98. The molecule has 0 spiro atoms. The molecule has 0 saturated heterocycles. The van der Waals surface area contributed by atoms with E-state index in [1.54, 1.807) is 7.11 Å². The number of aryl methyl sites for hydroxylation is 1. The van der Waals surface area contributed by atoms with Crippen LogP contribution in [0.4, 0.5) is 5.69 Å². The van der Waals surface area contributed by atoms with Gasteiger partial charge in [0.2, 0.25) is 0 Å².